The Morgan fingerprint density at radius 3 is 2.86 bits per heavy atom. The average molecular weight is 311 g/mol. The van der Waals surface area contributed by atoms with E-state index in [0.717, 1.165) is 24.6 Å². The van der Waals surface area contributed by atoms with Gasteiger partial charge in [-0.1, -0.05) is 0 Å². The molecular weight excluding hydrogens is 293 g/mol. The Balaban J connectivity index is 1.90. The highest BCUT2D eigenvalue weighted by Crippen LogP contribution is 2.24. The fourth-order valence-corrected chi connectivity index (χ4v) is 3.12. The number of piperidine rings is 1. The molecule has 5 nitrogen and oxygen atoms in total. The van der Waals surface area contributed by atoms with Crippen molar-refractivity contribution in [2.24, 2.45) is 11.7 Å². The number of carbonyl (C=O) groups is 2. The molecule has 114 valence electrons. The number of rotatable bonds is 4. The van der Waals surface area contributed by atoms with Gasteiger partial charge in [0.15, 0.2) is 0 Å². The van der Waals surface area contributed by atoms with Crippen LogP contribution in [0.1, 0.15) is 12.8 Å². The number of amides is 2. The number of thioether (sulfide) groups is 1. The highest BCUT2D eigenvalue weighted by Gasteiger charge is 2.26. The van der Waals surface area contributed by atoms with Crippen LogP contribution in [0.5, 0.6) is 0 Å². The van der Waals surface area contributed by atoms with Crippen LogP contribution in [0.25, 0.3) is 0 Å². The first kappa shape index (κ1) is 15.6. The second-order valence-electron chi connectivity index (χ2n) is 5.06. The summed E-state index contributed by atoms with van der Waals surface area (Å²) in [5.74, 6) is -1.05. The number of primary amides is 1. The predicted octanol–water partition coefficient (Wildman–Crippen LogP) is 1.22. The highest BCUT2D eigenvalue weighted by atomic mass is 32.2. The maximum Gasteiger partial charge on any atom is 0.232 e. The first-order valence-corrected chi connectivity index (χ1v) is 7.71. The van der Waals surface area contributed by atoms with Gasteiger partial charge in [-0.05, 0) is 31.0 Å². The van der Waals surface area contributed by atoms with Gasteiger partial charge in [0.1, 0.15) is 5.82 Å². The Morgan fingerprint density at radius 2 is 2.19 bits per heavy atom. The minimum atomic E-state index is -0.429. The molecule has 2 rings (SSSR count). The molecule has 0 aliphatic carbocycles. The molecule has 1 aromatic rings. The molecular formula is C14H18FN3O2S. The molecule has 1 unspecified atom stereocenters. The smallest absolute Gasteiger partial charge is 0.232 e. The molecule has 0 saturated carbocycles. The summed E-state index contributed by atoms with van der Waals surface area (Å²) in [5, 5.41) is 0. The summed E-state index contributed by atoms with van der Waals surface area (Å²) in [6, 6.07) is 4.39. The van der Waals surface area contributed by atoms with Crippen molar-refractivity contribution in [1.29, 1.82) is 0 Å². The van der Waals surface area contributed by atoms with E-state index in [1.54, 1.807) is 17.0 Å². The molecule has 1 aromatic carbocycles. The molecule has 1 heterocycles. The number of nitrogens with two attached hydrogens (primary N) is 2. The van der Waals surface area contributed by atoms with Gasteiger partial charge in [0, 0.05) is 23.7 Å². The van der Waals surface area contributed by atoms with Gasteiger partial charge in [-0.15, -0.1) is 11.8 Å². The van der Waals surface area contributed by atoms with E-state index in [0.29, 0.717) is 23.7 Å². The largest absolute Gasteiger partial charge is 0.399 e. The normalized spacial score (nSPS) is 18.5. The van der Waals surface area contributed by atoms with E-state index in [1.165, 1.54) is 6.07 Å². The van der Waals surface area contributed by atoms with Gasteiger partial charge < -0.3 is 16.4 Å². The van der Waals surface area contributed by atoms with Crippen LogP contribution in [0.2, 0.25) is 0 Å². The van der Waals surface area contributed by atoms with Crippen molar-refractivity contribution in [3.05, 3.63) is 24.0 Å². The fourth-order valence-electron chi connectivity index (χ4n) is 2.30. The van der Waals surface area contributed by atoms with Crippen LogP contribution < -0.4 is 11.5 Å². The number of hydrogen-bond acceptors (Lipinski definition) is 4. The molecule has 1 atom stereocenters. The molecule has 0 radical (unpaired) electrons. The number of likely N-dealkylation sites (tertiary alicyclic amines) is 1. The van der Waals surface area contributed by atoms with E-state index < -0.39 is 5.82 Å². The van der Waals surface area contributed by atoms with Crippen LogP contribution in [-0.2, 0) is 9.59 Å². The van der Waals surface area contributed by atoms with Gasteiger partial charge in [0.05, 0.1) is 11.7 Å². The second-order valence-corrected chi connectivity index (χ2v) is 6.08. The molecule has 1 aliphatic heterocycles. The summed E-state index contributed by atoms with van der Waals surface area (Å²) in [6.07, 6.45) is 1.49. The van der Waals surface area contributed by atoms with Gasteiger partial charge in [-0.25, -0.2) is 4.39 Å². The quantitative estimate of drug-likeness (QED) is 0.646. The minimum absolute atomic E-state index is 0.109. The van der Waals surface area contributed by atoms with E-state index in [2.05, 4.69) is 0 Å². The summed E-state index contributed by atoms with van der Waals surface area (Å²) in [5.41, 5.74) is 11.1. The van der Waals surface area contributed by atoms with E-state index in [1.807, 2.05) is 0 Å². The van der Waals surface area contributed by atoms with Crippen LogP contribution in [-0.4, -0.2) is 35.6 Å². The van der Waals surface area contributed by atoms with Crippen molar-refractivity contribution in [3.63, 3.8) is 0 Å². The number of anilines is 1. The number of halogens is 1. The lowest BCUT2D eigenvalue weighted by Crippen LogP contribution is -2.44. The van der Waals surface area contributed by atoms with Gasteiger partial charge in [-0.2, -0.15) is 0 Å². The molecule has 0 aromatic heterocycles. The Morgan fingerprint density at radius 1 is 1.43 bits per heavy atom. The Bertz CT molecular complexity index is 553. The van der Waals surface area contributed by atoms with Crippen molar-refractivity contribution < 1.29 is 14.0 Å². The zero-order valence-electron chi connectivity index (χ0n) is 11.5. The zero-order chi connectivity index (χ0) is 15.4. The van der Waals surface area contributed by atoms with E-state index in [9.17, 15) is 14.0 Å². The van der Waals surface area contributed by atoms with Crippen LogP contribution in [0.3, 0.4) is 0 Å². The van der Waals surface area contributed by atoms with Gasteiger partial charge in [0.25, 0.3) is 0 Å². The lowest BCUT2D eigenvalue weighted by molar-refractivity contribution is -0.132. The van der Waals surface area contributed by atoms with Crippen LogP contribution in [0.15, 0.2) is 23.1 Å². The summed E-state index contributed by atoms with van der Waals surface area (Å²) in [6.45, 7) is 0.979. The third-order valence-electron chi connectivity index (χ3n) is 3.48. The standard InChI is InChI=1S/C14H18FN3O2S/c15-11-6-10(16)3-4-12(11)21-8-13(19)18-5-1-2-9(7-18)14(17)20/h3-4,6,9H,1-2,5,7-8,16H2,(H2,17,20). The Hall–Kier alpha value is -1.76. The zero-order valence-corrected chi connectivity index (χ0v) is 12.4. The number of carbonyl (C=O) groups excluding carboxylic acids is 2. The number of benzene rings is 1. The Labute approximate surface area is 126 Å². The van der Waals surface area contributed by atoms with Crippen molar-refractivity contribution in [1.82, 2.24) is 4.90 Å². The van der Waals surface area contributed by atoms with Crippen molar-refractivity contribution in [2.45, 2.75) is 17.7 Å². The minimum Gasteiger partial charge on any atom is -0.399 e. The first-order valence-electron chi connectivity index (χ1n) is 6.72. The van der Waals surface area contributed by atoms with Gasteiger partial charge >= 0.3 is 0 Å². The molecule has 21 heavy (non-hydrogen) atoms. The molecule has 7 heteroatoms. The van der Waals surface area contributed by atoms with Crippen LogP contribution in [0.4, 0.5) is 10.1 Å². The van der Waals surface area contributed by atoms with E-state index in [-0.39, 0.29) is 23.5 Å². The van der Waals surface area contributed by atoms with Crippen LogP contribution >= 0.6 is 11.8 Å². The lowest BCUT2D eigenvalue weighted by atomic mass is 9.97. The molecule has 1 aliphatic rings. The third-order valence-corrected chi connectivity index (χ3v) is 4.52. The second kappa shape index (κ2) is 6.80. The van der Waals surface area contributed by atoms with E-state index >= 15 is 0 Å². The maximum absolute atomic E-state index is 13.6. The summed E-state index contributed by atoms with van der Waals surface area (Å²) >= 11 is 1.13. The summed E-state index contributed by atoms with van der Waals surface area (Å²) in [7, 11) is 0. The van der Waals surface area contributed by atoms with Crippen LogP contribution in [0, 0.1) is 11.7 Å². The maximum atomic E-state index is 13.6. The topological polar surface area (TPSA) is 89.4 Å². The molecule has 0 spiro atoms. The Kier molecular flexibility index (Phi) is 5.06. The van der Waals surface area contributed by atoms with Crippen molar-refractivity contribution in [2.75, 3.05) is 24.6 Å². The molecule has 2 amide bonds. The number of hydrogen-bond donors (Lipinski definition) is 2. The van der Waals surface area contributed by atoms with Gasteiger partial charge in [0.2, 0.25) is 11.8 Å². The summed E-state index contributed by atoms with van der Waals surface area (Å²) in [4.78, 5) is 25.3. The van der Waals surface area contributed by atoms with Gasteiger partial charge in [-0.3, -0.25) is 9.59 Å². The average Bonchev–Trinajstić information content (AvgIpc) is 2.46. The molecule has 1 saturated heterocycles. The molecule has 0 bridgehead atoms. The number of nitrogen functional groups attached to an aromatic ring is 1. The van der Waals surface area contributed by atoms with E-state index in [4.69, 9.17) is 11.5 Å². The number of nitrogens with zero attached hydrogens (tertiary/aromatic N) is 1. The monoisotopic (exact) mass is 311 g/mol. The predicted molar refractivity (Wildman–Crippen MR) is 80.0 cm³/mol. The SMILES string of the molecule is NC(=O)C1CCCN(C(=O)CSc2ccc(N)cc2F)C1. The third kappa shape index (κ3) is 4.10. The highest BCUT2D eigenvalue weighted by molar-refractivity contribution is 8.00. The van der Waals surface area contributed by atoms with Crippen molar-refractivity contribution in [3.8, 4) is 0 Å². The van der Waals surface area contributed by atoms with Crippen molar-refractivity contribution >= 4 is 29.3 Å². The molecule has 4 N–H and O–H groups in total. The fraction of sp³-hybridized carbons (Fsp3) is 0.429. The lowest BCUT2D eigenvalue weighted by Gasteiger charge is -2.31. The first-order chi connectivity index (χ1) is 9.97. The summed E-state index contributed by atoms with van der Waals surface area (Å²) < 4.78 is 13.6. The molecule has 1 fully saturated rings.